The second kappa shape index (κ2) is 11.2. The monoisotopic (exact) mass is 505 g/mol. The molecular formula is C27H28ClN5O3. The lowest BCUT2D eigenvalue weighted by Crippen LogP contribution is -2.46. The summed E-state index contributed by atoms with van der Waals surface area (Å²) < 4.78 is 1.63. The summed E-state index contributed by atoms with van der Waals surface area (Å²) in [5.41, 5.74) is 8.89. The van der Waals surface area contributed by atoms with Gasteiger partial charge in [-0.15, -0.1) is 0 Å². The first-order valence-electron chi connectivity index (χ1n) is 11.7. The van der Waals surface area contributed by atoms with Crippen LogP contribution in [0.1, 0.15) is 29.5 Å². The molecule has 1 saturated heterocycles. The smallest absolute Gasteiger partial charge is 0.250 e. The topological polar surface area (TPSA) is 121 Å². The second-order valence-corrected chi connectivity index (χ2v) is 9.36. The molecule has 2 amide bonds. The Hall–Kier alpha value is -3.91. The standard InChI is InChI=1S/C27H28ClN5O3/c28-21-9-10-23(29)22(13-21)24(30)14-31-27(36)20-8-11-26(35)33(17-20)16-19-6-4-18(5-7-19)15-32-12-2-1-3-25(32)34/h1-7,9-10,12-13,20,30H,8,11,14-17,29H2,(H,31,36). The van der Waals surface area contributed by atoms with Crippen molar-refractivity contribution < 1.29 is 9.59 Å². The van der Waals surface area contributed by atoms with E-state index >= 15 is 0 Å². The number of rotatable bonds is 8. The van der Waals surface area contributed by atoms with Crippen LogP contribution in [-0.2, 0) is 22.7 Å². The van der Waals surface area contributed by atoms with Crippen molar-refractivity contribution in [2.45, 2.75) is 25.9 Å². The molecule has 1 atom stereocenters. The summed E-state index contributed by atoms with van der Waals surface area (Å²) in [6.07, 6.45) is 2.52. The number of nitrogens with zero attached hydrogens (tertiary/aromatic N) is 2. The Kier molecular flexibility index (Phi) is 7.85. The summed E-state index contributed by atoms with van der Waals surface area (Å²) in [7, 11) is 0. The largest absolute Gasteiger partial charge is 0.398 e. The number of carbonyl (C=O) groups excluding carboxylic acids is 2. The molecule has 0 bridgehead atoms. The third-order valence-corrected chi connectivity index (χ3v) is 6.53. The number of pyridine rings is 1. The van der Waals surface area contributed by atoms with Gasteiger partial charge in [-0.3, -0.25) is 14.4 Å². The van der Waals surface area contributed by atoms with E-state index in [1.807, 2.05) is 30.3 Å². The van der Waals surface area contributed by atoms with Crippen LogP contribution in [0, 0.1) is 11.3 Å². The SMILES string of the molecule is N=C(CNC(=O)C1CCC(=O)N(Cc2ccc(Cn3ccccc3=O)cc2)C1)c1cc(Cl)ccc1N. The van der Waals surface area contributed by atoms with Gasteiger partial charge in [0.25, 0.3) is 5.56 Å². The van der Waals surface area contributed by atoms with Crippen LogP contribution in [0.2, 0.25) is 5.02 Å². The molecule has 8 nitrogen and oxygen atoms in total. The zero-order chi connectivity index (χ0) is 25.7. The Bertz CT molecular complexity index is 1340. The highest BCUT2D eigenvalue weighted by Gasteiger charge is 2.30. The molecule has 3 aromatic rings. The molecule has 4 N–H and O–H groups in total. The molecule has 1 aliphatic rings. The van der Waals surface area contributed by atoms with Crippen molar-refractivity contribution in [3.05, 3.63) is 98.9 Å². The van der Waals surface area contributed by atoms with Crippen LogP contribution >= 0.6 is 11.6 Å². The predicted octanol–water partition coefficient (Wildman–Crippen LogP) is 3.06. The van der Waals surface area contributed by atoms with Gasteiger partial charge in [-0.25, -0.2) is 0 Å². The minimum absolute atomic E-state index is 0.0124. The number of piperidine rings is 1. The predicted molar refractivity (Wildman–Crippen MR) is 140 cm³/mol. The molecule has 1 aromatic heterocycles. The van der Waals surface area contributed by atoms with E-state index in [1.54, 1.807) is 39.9 Å². The van der Waals surface area contributed by atoms with E-state index in [1.165, 1.54) is 6.07 Å². The third-order valence-electron chi connectivity index (χ3n) is 6.30. The van der Waals surface area contributed by atoms with Crippen LogP contribution in [0.5, 0.6) is 0 Å². The van der Waals surface area contributed by atoms with Crippen molar-refractivity contribution >= 4 is 34.8 Å². The minimum atomic E-state index is -0.351. The fourth-order valence-corrected chi connectivity index (χ4v) is 4.42. The molecule has 9 heteroatoms. The average Bonchev–Trinajstić information content (AvgIpc) is 2.87. The van der Waals surface area contributed by atoms with E-state index in [0.717, 1.165) is 11.1 Å². The molecule has 4 rings (SSSR count). The lowest BCUT2D eigenvalue weighted by atomic mass is 9.96. The highest BCUT2D eigenvalue weighted by Crippen LogP contribution is 2.21. The molecular weight excluding hydrogens is 478 g/mol. The van der Waals surface area contributed by atoms with E-state index in [0.29, 0.717) is 48.7 Å². The number of likely N-dealkylation sites (tertiary alicyclic amines) is 1. The van der Waals surface area contributed by atoms with Crippen LogP contribution in [-0.4, -0.2) is 40.1 Å². The number of nitrogens with two attached hydrogens (primary N) is 1. The summed E-state index contributed by atoms with van der Waals surface area (Å²) in [5.74, 6) is -0.531. The number of benzene rings is 2. The highest BCUT2D eigenvalue weighted by atomic mass is 35.5. The zero-order valence-electron chi connectivity index (χ0n) is 19.7. The Morgan fingerprint density at radius 2 is 1.78 bits per heavy atom. The number of carbonyl (C=O) groups is 2. The van der Waals surface area contributed by atoms with Gasteiger partial charge in [-0.05, 0) is 41.8 Å². The number of nitrogens with one attached hydrogen (secondary N) is 2. The molecule has 36 heavy (non-hydrogen) atoms. The molecule has 0 saturated carbocycles. The van der Waals surface area contributed by atoms with E-state index < -0.39 is 0 Å². The molecule has 2 heterocycles. The van der Waals surface area contributed by atoms with E-state index in [2.05, 4.69) is 5.32 Å². The molecule has 186 valence electrons. The van der Waals surface area contributed by atoms with E-state index in [9.17, 15) is 14.4 Å². The maximum absolute atomic E-state index is 12.8. The maximum Gasteiger partial charge on any atom is 0.250 e. The van der Waals surface area contributed by atoms with Gasteiger partial charge in [0.1, 0.15) is 0 Å². The van der Waals surface area contributed by atoms with E-state index in [4.69, 9.17) is 22.7 Å². The van der Waals surface area contributed by atoms with Gasteiger partial charge in [-0.1, -0.05) is 41.9 Å². The summed E-state index contributed by atoms with van der Waals surface area (Å²) in [6.45, 7) is 1.22. The Labute approximate surface area is 214 Å². The first-order chi connectivity index (χ1) is 17.3. The fourth-order valence-electron chi connectivity index (χ4n) is 4.25. The number of anilines is 1. The molecule has 0 radical (unpaired) electrons. The molecule has 1 unspecified atom stereocenters. The lowest BCUT2D eigenvalue weighted by Gasteiger charge is -2.32. The van der Waals surface area contributed by atoms with Crippen LogP contribution in [0.15, 0.2) is 71.7 Å². The maximum atomic E-state index is 12.8. The molecule has 0 spiro atoms. The van der Waals surface area contributed by atoms with E-state index in [-0.39, 0.29) is 35.5 Å². The van der Waals surface area contributed by atoms with Crippen molar-refractivity contribution in [3.8, 4) is 0 Å². The molecule has 0 aliphatic carbocycles. The molecule has 2 aromatic carbocycles. The number of nitrogen functional groups attached to an aromatic ring is 1. The number of amides is 2. The summed E-state index contributed by atoms with van der Waals surface area (Å²) >= 11 is 6.00. The Morgan fingerprint density at radius 1 is 1.06 bits per heavy atom. The summed E-state index contributed by atoms with van der Waals surface area (Å²) in [5, 5.41) is 11.5. The van der Waals surface area contributed by atoms with Crippen molar-refractivity contribution in [3.63, 3.8) is 0 Å². The number of aromatic nitrogens is 1. The van der Waals surface area contributed by atoms with Crippen LogP contribution in [0.4, 0.5) is 5.69 Å². The number of halogens is 1. The second-order valence-electron chi connectivity index (χ2n) is 8.92. The highest BCUT2D eigenvalue weighted by molar-refractivity contribution is 6.31. The summed E-state index contributed by atoms with van der Waals surface area (Å²) in [6, 6.07) is 17.7. The van der Waals surface area contributed by atoms with Gasteiger partial charge in [-0.2, -0.15) is 0 Å². The van der Waals surface area contributed by atoms with Gasteiger partial charge in [0.2, 0.25) is 11.8 Å². The lowest BCUT2D eigenvalue weighted by molar-refractivity contribution is -0.138. The molecule has 1 aliphatic heterocycles. The van der Waals surface area contributed by atoms with Crippen molar-refractivity contribution in [1.82, 2.24) is 14.8 Å². The van der Waals surface area contributed by atoms with Gasteiger partial charge < -0.3 is 25.9 Å². The third kappa shape index (κ3) is 6.20. The zero-order valence-corrected chi connectivity index (χ0v) is 20.5. The number of hydrogen-bond donors (Lipinski definition) is 3. The first-order valence-corrected chi connectivity index (χ1v) is 12.1. The van der Waals surface area contributed by atoms with Gasteiger partial charge >= 0.3 is 0 Å². The van der Waals surface area contributed by atoms with Crippen LogP contribution in [0.3, 0.4) is 0 Å². The first kappa shape index (κ1) is 25.2. The van der Waals surface area contributed by atoms with Crippen molar-refractivity contribution in [2.24, 2.45) is 5.92 Å². The Balaban J connectivity index is 1.32. The van der Waals surface area contributed by atoms with Crippen molar-refractivity contribution in [1.29, 1.82) is 5.41 Å². The summed E-state index contributed by atoms with van der Waals surface area (Å²) in [4.78, 5) is 39.0. The molecule has 1 fully saturated rings. The van der Waals surface area contributed by atoms with Crippen LogP contribution < -0.4 is 16.6 Å². The minimum Gasteiger partial charge on any atom is -0.398 e. The van der Waals surface area contributed by atoms with Crippen molar-refractivity contribution in [2.75, 3.05) is 18.8 Å². The number of hydrogen-bond acceptors (Lipinski definition) is 5. The van der Waals surface area contributed by atoms with Gasteiger partial charge in [0.05, 0.1) is 24.7 Å². The van der Waals surface area contributed by atoms with Gasteiger partial charge in [0.15, 0.2) is 0 Å². The average molecular weight is 506 g/mol. The fraction of sp³-hybridized carbons (Fsp3) is 0.259. The normalized spacial score (nSPS) is 15.5. The quantitative estimate of drug-likeness (QED) is 0.322. The van der Waals surface area contributed by atoms with Crippen LogP contribution in [0.25, 0.3) is 0 Å². The van der Waals surface area contributed by atoms with Gasteiger partial charge in [0, 0.05) is 48.0 Å². The Morgan fingerprint density at radius 3 is 2.50 bits per heavy atom.